The van der Waals surface area contributed by atoms with Crippen LogP contribution in [0.3, 0.4) is 0 Å². The Morgan fingerprint density at radius 1 is 0.809 bits per heavy atom. The van der Waals surface area contributed by atoms with Gasteiger partial charge in [-0.1, -0.05) is 97.4 Å². The number of amides is 5. The zero-order valence-corrected chi connectivity index (χ0v) is 43.7. The van der Waals surface area contributed by atoms with Crippen LogP contribution in [0.15, 0.2) is 54.6 Å². The summed E-state index contributed by atoms with van der Waals surface area (Å²) in [5.74, 6) is -2.58. The van der Waals surface area contributed by atoms with E-state index in [1.54, 1.807) is 76.1 Å². The van der Waals surface area contributed by atoms with Gasteiger partial charge in [0.05, 0.1) is 36.8 Å². The molecule has 68 heavy (non-hydrogen) atoms. The van der Waals surface area contributed by atoms with Crippen molar-refractivity contribution >= 4 is 41.2 Å². The fourth-order valence-electron chi connectivity index (χ4n) is 9.49. The highest BCUT2D eigenvalue weighted by Crippen LogP contribution is 2.31. The molecule has 380 valence electrons. The molecule has 2 aromatic rings. The summed E-state index contributed by atoms with van der Waals surface area (Å²) in [5.41, 5.74) is 1.65. The topological polar surface area (TPSA) is 176 Å². The average molecular weight is 949 g/mol. The maximum absolute atomic E-state index is 14.5. The van der Waals surface area contributed by atoms with Crippen LogP contribution in [0.4, 0.5) is 10.5 Å². The van der Waals surface area contributed by atoms with Gasteiger partial charge in [-0.05, 0) is 95.1 Å². The average Bonchev–Trinajstić information content (AvgIpc) is 3.76. The highest BCUT2D eigenvalue weighted by molar-refractivity contribution is 5.91. The van der Waals surface area contributed by atoms with Crippen molar-refractivity contribution in [3.8, 4) is 0 Å². The van der Waals surface area contributed by atoms with Crippen molar-refractivity contribution in [2.75, 3.05) is 47.2 Å². The highest BCUT2D eigenvalue weighted by atomic mass is 16.6. The molecule has 0 aliphatic carbocycles. The standard InChI is InChI=1S/C53H84N6O9/c1-16-35(6)47(58(13)51(64)45(33(2)3)56-50(63)46(34(4)5)57(11)12)43(66-14)31-44(61)59-28-20-23-41(59)48(67-15)36(7)42(60)30-39(29-37-21-18-17-19-22-37)49(62)54-32-38-24-26-40(27-25-38)55-52(65)68-53(8,9)10/h17-19,21-22,24-27,33-36,39,41,43,45-48H,16,20,23,28-32H2,1-15H3,(H,54,62)(H,55,65)(H,56,63)/t35-,36-,39-,41-,43+,45-,46-,47-,48+/m0/s1. The smallest absolute Gasteiger partial charge is 0.412 e. The Labute approximate surface area is 407 Å². The van der Waals surface area contributed by atoms with Crippen LogP contribution >= 0.6 is 0 Å². The molecule has 5 amide bonds. The zero-order chi connectivity index (χ0) is 51.0. The zero-order valence-electron chi connectivity index (χ0n) is 43.7. The van der Waals surface area contributed by atoms with Crippen LogP contribution in [-0.4, -0.2) is 134 Å². The first-order valence-electron chi connectivity index (χ1n) is 24.5. The molecule has 15 nitrogen and oxygen atoms in total. The summed E-state index contributed by atoms with van der Waals surface area (Å²) < 4.78 is 17.5. The van der Waals surface area contributed by atoms with Crippen molar-refractivity contribution < 1.29 is 43.0 Å². The maximum Gasteiger partial charge on any atom is 0.412 e. The monoisotopic (exact) mass is 949 g/mol. The second kappa shape index (κ2) is 26.8. The van der Waals surface area contributed by atoms with E-state index in [2.05, 4.69) is 16.0 Å². The fourth-order valence-corrected chi connectivity index (χ4v) is 9.49. The number of nitrogens with one attached hydrogen (secondary N) is 3. The molecule has 2 aromatic carbocycles. The number of Topliss-reactive ketones (excluding diaryl/α,β-unsaturated/α-hetero) is 1. The first kappa shape index (κ1) is 57.5. The molecule has 0 aromatic heterocycles. The van der Waals surface area contributed by atoms with E-state index in [1.807, 2.05) is 97.8 Å². The van der Waals surface area contributed by atoms with Crippen LogP contribution in [0.25, 0.3) is 0 Å². The summed E-state index contributed by atoms with van der Waals surface area (Å²) in [5, 5.41) is 8.78. The van der Waals surface area contributed by atoms with Gasteiger partial charge in [0.15, 0.2) is 0 Å². The van der Waals surface area contributed by atoms with Crippen molar-refractivity contribution in [2.24, 2.45) is 29.6 Å². The Balaban J connectivity index is 1.77. The minimum absolute atomic E-state index is 0.00452. The largest absolute Gasteiger partial charge is 0.444 e. The minimum atomic E-state index is -0.787. The number of benzene rings is 2. The minimum Gasteiger partial charge on any atom is -0.444 e. The second-order valence-electron chi connectivity index (χ2n) is 20.6. The van der Waals surface area contributed by atoms with Gasteiger partial charge in [0.1, 0.15) is 17.4 Å². The molecular formula is C53H84N6O9. The summed E-state index contributed by atoms with van der Waals surface area (Å²) in [7, 11) is 8.55. The van der Waals surface area contributed by atoms with E-state index in [9.17, 15) is 28.8 Å². The quantitative estimate of drug-likeness (QED) is 0.0930. The Kier molecular flexibility index (Phi) is 22.6. The van der Waals surface area contributed by atoms with E-state index >= 15 is 0 Å². The van der Waals surface area contributed by atoms with Crippen LogP contribution in [-0.2, 0) is 51.1 Å². The number of methoxy groups -OCH3 is 2. The summed E-state index contributed by atoms with van der Waals surface area (Å²) >= 11 is 0. The summed E-state index contributed by atoms with van der Waals surface area (Å²) in [4.78, 5) is 88.2. The summed E-state index contributed by atoms with van der Waals surface area (Å²) in [6, 6.07) is 14.6. The predicted octanol–water partition coefficient (Wildman–Crippen LogP) is 7.12. The van der Waals surface area contributed by atoms with Gasteiger partial charge in [-0.15, -0.1) is 0 Å². The van der Waals surface area contributed by atoms with Gasteiger partial charge in [-0.3, -0.25) is 34.2 Å². The number of carbonyl (C=O) groups is 6. The normalized spacial score (nSPS) is 17.7. The number of likely N-dealkylation sites (tertiary alicyclic amines) is 1. The van der Waals surface area contributed by atoms with Crippen LogP contribution < -0.4 is 16.0 Å². The van der Waals surface area contributed by atoms with Gasteiger partial charge in [0.25, 0.3) is 0 Å². The first-order valence-corrected chi connectivity index (χ1v) is 24.5. The van der Waals surface area contributed by atoms with Crippen molar-refractivity contribution in [3.63, 3.8) is 0 Å². The molecule has 1 saturated heterocycles. The van der Waals surface area contributed by atoms with Gasteiger partial charge in [-0.25, -0.2) is 4.79 Å². The van der Waals surface area contributed by atoms with Crippen LogP contribution in [0, 0.1) is 29.6 Å². The number of likely N-dealkylation sites (N-methyl/N-ethyl adjacent to an activating group) is 2. The van der Waals surface area contributed by atoms with Crippen molar-refractivity contribution in [2.45, 2.75) is 156 Å². The van der Waals surface area contributed by atoms with Crippen molar-refractivity contribution in [1.29, 1.82) is 0 Å². The lowest BCUT2D eigenvalue weighted by atomic mass is 9.85. The third kappa shape index (κ3) is 16.7. The number of hydrogen-bond acceptors (Lipinski definition) is 10. The number of ether oxygens (including phenoxy) is 3. The number of rotatable bonds is 25. The number of anilines is 1. The Morgan fingerprint density at radius 3 is 1.97 bits per heavy atom. The van der Waals surface area contributed by atoms with E-state index in [0.29, 0.717) is 31.5 Å². The van der Waals surface area contributed by atoms with Crippen LogP contribution in [0.1, 0.15) is 112 Å². The molecule has 1 fully saturated rings. The van der Waals surface area contributed by atoms with Crippen molar-refractivity contribution in [1.82, 2.24) is 25.3 Å². The van der Waals surface area contributed by atoms with E-state index in [-0.39, 0.29) is 66.6 Å². The summed E-state index contributed by atoms with van der Waals surface area (Å²) in [6.45, 7) is 19.7. The third-order valence-electron chi connectivity index (χ3n) is 13.2. The molecule has 9 atom stereocenters. The van der Waals surface area contributed by atoms with E-state index in [4.69, 9.17) is 14.2 Å². The fraction of sp³-hybridized carbons (Fsp3) is 0.660. The SMILES string of the molecule is CC[C@H](C)[C@@H]([C@@H](CC(=O)N1CCC[C@H]1[C@H](OC)[C@@H](C)C(=O)C[C@H](Cc1ccccc1)C(=O)NCc1ccc(NC(=O)OC(C)(C)C)cc1)OC)N(C)C(=O)[C@@H](NC(=O)[C@H](C(C)C)N(C)C)C(C)C. The first-order chi connectivity index (χ1) is 31.9. The summed E-state index contributed by atoms with van der Waals surface area (Å²) in [6.07, 6.45) is 0.523. The van der Waals surface area contributed by atoms with Gasteiger partial charge in [0, 0.05) is 58.3 Å². The lowest BCUT2D eigenvalue weighted by Gasteiger charge is -2.41. The number of carbonyl (C=O) groups excluding carboxylic acids is 6. The molecule has 0 bridgehead atoms. The molecule has 1 aliphatic heterocycles. The van der Waals surface area contributed by atoms with E-state index in [1.165, 1.54) is 0 Å². The van der Waals surface area contributed by atoms with E-state index in [0.717, 1.165) is 17.5 Å². The Bertz CT molecular complexity index is 1930. The van der Waals surface area contributed by atoms with Gasteiger partial charge < -0.3 is 34.6 Å². The second-order valence-corrected chi connectivity index (χ2v) is 20.6. The Morgan fingerprint density at radius 2 is 1.44 bits per heavy atom. The molecule has 0 radical (unpaired) electrons. The van der Waals surface area contributed by atoms with Crippen LogP contribution in [0.2, 0.25) is 0 Å². The lowest BCUT2D eigenvalue weighted by molar-refractivity contribution is -0.148. The molecule has 0 spiro atoms. The molecule has 15 heteroatoms. The van der Waals surface area contributed by atoms with Gasteiger partial charge in [-0.2, -0.15) is 0 Å². The van der Waals surface area contributed by atoms with Crippen molar-refractivity contribution in [3.05, 3.63) is 65.7 Å². The lowest BCUT2D eigenvalue weighted by Crippen LogP contribution is -2.59. The molecule has 3 N–H and O–H groups in total. The van der Waals surface area contributed by atoms with Crippen LogP contribution in [0.5, 0.6) is 0 Å². The molecular weight excluding hydrogens is 865 g/mol. The number of ketones is 1. The van der Waals surface area contributed by atoms with Gasteiger partial charge in [0.2, 0.25) is 23.6 Å². The molecule has 1 aliphatic rings. The molecule has 0 unspecified atom stereocenters. The number of nitrogens with zero attached hydrogens (tertiary/aromatic N) is 3. The van der Waals surface area contributed by atoms with E-state index < -0.39 is 59.9 Å². The predicted molar refractivity (Wildman–Crippen MR) is 267 cm³/mol. The third-order valence-corrected chi connectivity index (χ3v) is 13.2. The van der Waals surface area contributed by atoms with Gasteiger partial charge >= 0.3 is 6.09 Å². The molecule has 3 rings (SSSR count). The molecule has 0 saturated carbocycles. The maximum atomic E-state index is 14.5. The highest BCUT2D eigenvalue weighted by Gasteiger charge is 2.43. The molecule has 1 heterocycles. The Hall–Kier alpha value is -4.86. The number of hydrogen-bond donors (Lipinski definition) is 3.